The van der Waals surface area contributed by atoms with Crippen molar-refractivity contribution in [3.63, 3.8) is 0 Å². The Morgan fingerprint density at radius 1 is 1.24 bits per heavy atom. The molecule has 0 radical (unpaired) electrons. The molecule has 3 aromatic rings. The molecule has 1 heterocycles. The van der Waals surface area contributed by atoms with Crippen LogP contribution in [0.1, 0.15) is 16.8 Å². The zero-order valence-corrected chi connectivity index (χ0v) is 17.3. The maximum absolute atomic E-state index is 13.6. The topological polar surface area (TPSA) is 111 Å². The Kier molecular flexibility index (Phi) is 5.78. The van der Waals surface area contributed by atoms with Crippen LogP contribution in [0.4, 0.5) is 4.39 Å². The molecule has 0 unspecified atom stereocenters. The first kappa shape index (κ1) is 20.7. The van der Waals surface area contributed by atoms with Gasteiger partial charge in [-0.05, 0) is 61.4 Å². The van der Waals surface area contributed by atoms with Crippen LogP contribution >= 0.6 is 0 Å². The quantitative estimate of drug-likeness (QED) is 0.351. The first-order valence-electron chi connectivity index (χ1n) is 9.01. The Morgan fingerprint density at radius 3 is 2.69 bits per heavy atom. The SMILES string of the molecule is COc1ccc(S(=O)(=O)NC(N)=[NH+]CCc2c(C)[nH]c3ccc(F)cc23)cc1C. The summed E-state index contributed by atoms with van der Waals surface area (Å²) in [6.07, 6.45) is 0.541. The minimum atomic E-state index is -3.83. The molecule has 0 atom stereocenters. The van der Waals surface area contributed by atoms with Crippen LogP contribution in [0.3, 0.4) is 0 Å². The third kappa shape index (κ3) is 4.51. The molecule has 0 aliphatic carbocycles. The number of methoxy groups -OCH3 is 1. The number of ether oxygens (including phenoxy) is 1. The first-order chi connectivity index (χ1) is 13.7. The van der Waals surface area contributed by atoms with Gasteiger partial charge in [0.15, 0.2) is 0 Å². The second kappa shape index (κ2) is 8.12. The highest BCUT2D eigenvalue weighted by Crippen LogP contribution is 2.23. The van der Waals surface area contributed by atoms with Crippen molar-refractivity contribution in [2.45, 2.75) is 25.2 Å². The number of nitrogens with two attached hydrogens (primary N) is 1. The van der Waals surface area contributed by atoms with Gasteiger partial charge in [0.25, 0.3) is 0 Å². The lowest BCUT2D eigenvalue weighted by atomic mass is 10.1. The van der Waals surface area contributed by atoms with E-state index in [4.69, 9.17) is 10.5 Å². The van der Waals surface area contributed by atoms with Crippen LogP contribution in [0.15, 0.2) is 41.3 Å². The van der Waals surface area contributed by atoms with Gasteiger partial charge < -0.3 is 9.72 Å². The summed E-state index contributed by atoms with van der Waals surface area (Å²) in [6, 6.07) is 9.13. The average Bonchev–Trinajstić information content (AvgIpc) is 2.96. The Morgan fingerprint density at radius 2 is 2.00 bits per heavy atom. The summed E-state index contributed by atoms with van der Waals surface area (Å²) in [5, 5.41) is 0.803. The number of aromatic nitrogens is 1. The number of nitrogens with one attached hydrogen (secondary N) is 3. The molecule has 0 amide bonds. The van der Waals surface area contributed by atoms with Crippen LogP contribution in [0.5, 0.6) is 5.75 Å². The minimum Gasteiger partial charge on any atom is -0.496 e. The van der Waals surface area contributed by atoms with Crippen LogP contribution in [0, 0.1) is 19.7 Å². The predicted octanol–water partition coefficient (Wildman–Crippen LogP) is 0.849. The zero-order chi connectivity index (χ0) is 21.2. The van der Waals surface area contributed by atoms with E-state index in [0.717, 1.165) is 22.2 Å². The predicted molar refractivity (Wildman–Crippen MR) is 110 cm³/mol. The van der Waals surface area contributed by atoms with Gasteiger partial charge in [-0.3, -0.25) is 10.7 Å². The molecule has 9 heteroatoms. The number of rotatable bonds is 6. The van der Waals surface area contributed by atoms with Gasteiger partial charge in [-0.2, -0.15) is 13.1 Å². The third-order valence-electron chi connectivity index (χ3n) is 4.69. The fourth-order valence-corrected chi connectivity index (χ4v) is 4.32. The summed E-state index contributed by atoms with van der Waals surface area (Å²) in [7, 11) is -2.30. The first-order valence-corrected chi connectivity index (χ1v) is 10.5. The minimum absolute atomic E-state index is 0.0813. The van der Waals surface area contributed by atoms with E-state index >= 15 is 0 Å². The van der Waals surface area contributed by atoms with Crippen molar-refractivity contribution >= 4 is 26.9 Å². The van der Waals surface area contributed by atoms with Crippen molar-refractivity contribution in [1.29, 1.82) is 0 Å². The normalized spacial score (nSPS) is 12.3. The molecule has 5 N–H and O–H groups in total. The fraction of sp³-hybridized carbons (Fsp3) is 0.250. The molecule has 29 heavy (non-hydrogen) atoms. The van der Waals surface area contributed by atoms with Gasteiger partial charge in [0.2, 0.25) is 0 Å². The van der Waals surface area contributed by atoms with Crippen LogP contribution in [-0.2, 0) is 16.4 Å². The number of hydrogen-bond acceptors (Lipinski definition) is 3. The highest BCUT2D eigenvalue weighted by molar-refractivity contribution is 7.90. The maximum atomic E-state index is 13.6. The molecule has 0 saturated heterocycles. The number of hydrogen-bond donors (Lipinski definition) is 4. The van der Waals surface area contributed by atoms with E-state index in [9.17, 15) is 12.8 Å². The molecular formula is C20H24FN4O3S+. The van der Waals surface area contributed by atoms with Crippen molar-refractivity contribution in [2.24, 2.45) is 5.73 Å². The van der Waals surface area contributed by atoms with Gasteiger partial charge in [0, 0.05) is 23.0 Å². The van der Waals surface area contributed by atoms with Gasteiger partial charge in [-0.25, -0.2) is 4.39 Å². The molecular weight excluding hydrogens is 395 g/mol. The molecule has 3 rings (SSSR count). The molecule has 2 aromatic carbocycles. The lowest BCUT2D eigenvalue weighted by Crippen LogP contribution is -2.79. The van der Waals surface area contributed by atoms with E-state index in [1.807, 2.05) is 6.92 Å². The van der Waals surface area contributed by atoms with E-state index in [0.29, 0.717) is 24.3 Å². The van der Waals surface area contributed by atoms with Gasteiger partial charge in [0.05, 0.1) is 13.7 Å². The monoisotopic (exact) mass is 419 g/mol. The second-order valence-electron chi connectivity index (χ2n) is 6.75. The molecule has 0 aliphatic heterocycles. The maximum Gasteiger partial charge on any atom is 0.356 e. The summed E-state index contributed by atoms with van der Waals surface area (Å²) >= 11 is 0. The van der Waals surface area contributed by atoms with Crippen LogP contribution in [0.2, 0.25) is 0 Å². The number of aromatic amines is 1. The van der Waals surface area contributed by atoms with E-state index in [-0.39, 0.29) is 16.7 Å². The number of fused-ring (bicyclic) bond motifs is 1. The molecule has 154 valence electrons. The number of sulfonamides is 1. The molecule has 1 aromatic heterocycles. The fourth-order valence-electron chi connectivity index (χ4n) is 3.26. The summed E-state index contributed by atoms with van der Waals surface area (Å²) in [5.74, 6) is 0.214. The summed E-state index contributed by atoms with van der Waals surface area (Å²) in [4.78, 5) is 6.16. The van der Waals surface area contributed by atoms with Crippen molar-refractivity contribution in [3.05, 3.63) is 59.0 Å². The van der Waals surface area contributed by atoms with Crippen LogP contribution in [0.25, 0.3) is 10.9 Å². The second-order valence-corrected chi connectivity index (χ2v) is 8.43. The molecule has 0 bridgehead atoms. The average molecular weight is 420 g/mol. The highest BCUT2D eigenvalue weighted by atomic mass is 32.2. The summed E-state index contributed by atoms with van der Waals surface area (Å²) < 4.78 is 46.1. The number of benzene rings is 2. The molecule has 0 saturated carbocycles. The standard InChI is InChI=1S/C20H23FN4O3S/c1-12-10-15(5-7-19(12)28-3)29(26,27)25-20(22)23-9-8-16-13(2)24-18-6-4-14(21)11-17(16)18/h4-7,10-11,24H,8-9H2,1-3H3,(H3,22,23,25)/p+1. The molecule has 0 spiro atoms. The lowest BCUT2D eigenvalue weighted by molar-refractivity contribution is -0.458. The van der Waals surface area contributed by atoms with Gasteiger partial charge in [-0.1, -0.05) is 0 Å². The number of H-pyrrole nitrogens is 1. The number of aryl methyl sites for hydroxylation is 2. The molecule has 0 aliphatic rings. The Labute approximate surface area is 168 Å². The van der Waals surface area contributed by atoms with Crippen molar-refractivity contribution in [3.8, 4) is 5.75 Å². The number of guanidine groups is 1. The lowest BCUT2D eigenvalue weighted by Gasteiger charge is -2.07. The third-order valence-corrected chi connectivity index (χ3v) is 6.06. The Hall–Kier alpha value is -3.07. The van der Waals surface area contributed by atoms with E-state index in [1.54, 1.807) is 19.1 Å². The molecule has 7 nitrogen and oxygen atoms in total. The largest absolute Gasteiger partial charge is 0.496 e. The van der Waals surface area contributed by atoms with Gasteiger partial charge in [0.1, 0.15) is 16.5 Å². The Bertz CT molecular complexity index is 1190. The summed E-state index contributed by atoms with van der Waals surface area (Å²) in [5.41, 5.74) is 9.26. The van der Waals surface area contributed by atoms with Crippen molar-refractivity contribution in [2.75, 3.05) is 13.7 Å². The molecule has 0 fully saturated rings. The van der Waals surface area contributed by atoms with E-state index < -0.39 is 10.0 Å². The van der Waals surface area contributed by atoms with E-state index in [1.165, 1.54) is 31.4 Å². The summed E-state index contributed by atoms with van der Waals surface area (Å²) in [6.45, 7) is 4.05. The van der Waals surface area contributed by atoms with E-state index in [2.05, 4.69) is 14.7 Å². The van der Waals surface area contributed by atoms with Gasteiger partial charge >= 0.3 is 16.0 Å². The highest BCUT2D eigenvalue weighted by Gasteiger charge is 2.20. The van der Waals surface area contributed by atoms with Crippen LogP contribution in [-0.4, -0.2) is 33.0 Å². The number of halogens is 1. The van der Waals surface area contributed by atoms with Gasteiger partial charge in [-0.15, -0.1) is 0 Å². The Balaban J connectivity index is 1.71. The smallest absolute Gasteiger partial charge is 0.356 e. The zero-order valence-electron chi connectivity index (χ0n) is 16.5. The van der Waals surface area contributed by atoms with Crippen LogP contribution < -0.4 is 20.2 Å². The van der Waals surface area contributed by atoms with Crippen molar-refractivity contribution < 1.29 is 22.5 Å². The van der Waals surface area contributed by atoms with Crippen molar-refractivity contribution in [1.82, 2.24) is 9.71 Å².